The molecule has 0 aliphatic carbocycles. The molecule has 25 heavy (non-hydrogen) atoms. The van der Waals surface area contributed by atoms with Gasteiger partial charge in [-0.05, 0) is 32.8 Å². The van der Waals surface area contributed by atoms with Gasteiger partial charge in [-0.1, -0.05) is 13.0 Å². The van der Waals surface area contributed by atoms with Crippen LogP contribution in [0.1, 0.15) is 56.0 Å². The largest absolute Gasteiger partial charge is 0.475 e. The van der Waals surface area contributed by atoms with E-state index < -0.39 is 0 Å². The molecule has 3 heterocycles. The minimum atomic E-state index is -0.0305. The summed E-state index contributed by atoms with van der Waals surface area (Å²) in [7, 11) is 0. The van der Waals surface area contributed by atoms with Crippen molar-refractivity contribution >= 4 is 5.91 Å². The Morgan fingerprint density at radius 2 is 2.24 bits per heavy atom. The number of carbonyl (C=O) groups excluding carboxylic acids is 1. The highest BCUT2D eigenvalue weighted by Crippen LogP contribution is 2.24. The predicted molar refractivity (Wildman–Crippen MR) is 95.8 cm³/mol. The van der Waals surface area contributed by atoms with Gasteiger partial charge in [-0.3, -0.25) is 4.79 Å². The van der Waals surface area contributed by atoms with Crippen LogP contribution in [0.25, 0.3) is 0 Å². The minimum absolute atomic E-state index is 0.0305. The third-order valence-electron chi connectivity index (χ3n) is 4.44. The van der Waals surface area contributed by atoms with Crippen LogP contribution in [-0.4, -0.2) is 44.5 Å². The molecule has 134 valence electrons. The molecule has 1 atom stereocenters. The maximum atomic E-state index is 12.9. The highest BCUT2D eigenvalue weighted by Gasteiger charge is 2.27. The molecule has 2 aromatic rings. The SMILES string of the molecule is CCc1nccn1C1CCCN(C(=O)c2cccc(OC(C)C)n2)C1. The summed E-state index contributed by atoms with van der Waals surface area (Å²) in [4.78, 5) is 23.6. The molecule has 0 aromatic carbocycles. The maximum absolute atomic E-state index is 12.9. The zero-order chi connectivity index (χ0) is 17.8. The topological polar surface area (TPSA) is 60.2 Å². The van der Waals surface area contributed by atoms with Gasteiger partial charge in [-0.25, -0.2) is 9.97 Å². The van der Waals surface area contributed by atoms with E-state index in [2.05, 4.69) is 21.5 Å². The molecule has 0 N–H and O–H groups in total. The Bertz CT molecular complexity index is 726. The lowest BCUT2D eigenvalue weighted by molar-refractivity contribution is 0.0670. The molecule has 3 rings (SSSR count). The maximum Gasteiger partial charge on any atom is 0.272 e. The van der Waals surface area contributed by atoms with Crippen molar-refractivity contribution in [2.45, 2.75) is 52.2 Å². The molecule has 1 unspecified atom stereocenters. The van der Waals surface area contributed by atoms with Crippen LogP contribution in [0.2, 0.25) is 0 Å². The first-order valence-electron chi connectivity index (χ1n) is 9.03. The van der Waals surface area contributed by atoms with Crippen molar-refractivity contribution in [2.24, 2.45) is 0 Å². The number of pyridine rings is 1. The van der Waals surface area contributed by atoms with E-state index in [1.54, 1.807) is 12.1 Å². The zero-order valence-electron chi connectivity index (χ0n) is 15.2. The summed E-state index contributed by atoms with van der Waals surface area (Å²) >= 11 is 0. The average Bonchev–Trinajstić information content (AvgIpc) is 3.09. The van der Waals surface area contributed by atoms with Crippen LogP contribution < -0.4 is 4.74 Å². The third kappa shape index (κ3) is 4.00. The van der Waals surface area contributed by atoms with E-state index in [0.29, 0.717) is 18.1 Å². The Balaban J connectivity index is 1.74. The number of hydrogen-bond acceptors (Lipinski definition) is 4. The summed E-state index contributed by atoms with van der Waals surface area (Å²) in [6.07, 6.45) is 6.84. The number of piperidine rings is 1. The Hall–Kier alpha value is -2.37. The van der Waals surface area contributed by atoms with Gasteiger partial charge in [-0.2, -0.15) is 0 Å². The normalized spacial score (nSPS) is 17.8. The molecule has 0 bridgehead atoms. The van der Waals surface area contributed by atoms with Gasteiger partial charge < -0.3 is 14.2 Å². The fourth-order valence-corrected chi connectivity index (χ4v) is 3.32. The second kappa shape index (κ2) is 7.68. The molecule has 0 saturated carbocycles. The third-order valence-corrected chi connectivity index (χ3v) is 4.44. The number of nitrogens with zero attached hydrogens (tertiary/aromatic N) is 4. The number of rotatable bonds is 5. The second-order valence-electron chi connectivity index (χ2n) is 6.68. The van der Waals surface area contributed by atoms with Crippen molar-refractivity contribution in [3.05, 3.63) is 42.1 Å². The van der Waals surface area contributed by atoms with Crippen molar-refractivity contribution in [1.82, 2.24) is 19.4 Å². The number of amides is 1. The van der Waals surface area contributed by atoms with Gasteiger partial charge in [0.25, 0.3) is 5.91 Å². The first-order chi connectivity index (χ1) is 12.1. The summed E-state index contributed by atoms with van der Waals surface area (Å²) in [5.74, 6) is 1.54. The van der Waals surface area contributed by atoms with E-state index in [4.69, 9.17) is 4.74 Å². The smallest absolute Gasteiger partial charge is 0.272 e. The number of aryl methyl sites for hydroxylation is 1. The van der Waals surface area contributed by atoms with E-state index >= 15 is 0 Å². The number of ether oxygens (including phenoxy) is 1. The molecule has 1 aliphatic rings. The summed E-state index contributed by atoms with van der Waals surface area (Å²) in [5.41, 5.74) is 0.445. The minimum Gasteiger partial charge on any atom is -0.475 e. The highest BCUT2D eigenvalue weighted by molar-refractivity contribution is 5.92. The monoisotopic (exact) mass is 342 g/mol. The molecule has 1 aliphatic heterocycles. The average molecular weight is 342 g/mol. The van der Waals surface area contributed by atoms with Crippen LogP contribution in [-0.2, 0) is 6.42 Å². The van der Waals surface area contributed by atoms with Crippen LogP contribution in [0, 0.1) is 0 Å². The van der Waals surface area contributed by atoms with Crippen LogP contribution in [0.5, 0.6) is 5.88 Å². The summed E-state index contributed by atoms with van der Waals surface area (Å²) in [6, 6.07) is 5.65. The molecule has 2 aromatic heterocycles. The number of aromatic nitrogens is 3. The predicted octanol–water partition coefficient (Wildman–Crippen LogP) is 3.11. The summed E-state index contributed by atoms with van der Waals surface area (Å²) in [5, 5.41) is 0. The molecular weight excluding hydrogens is 316 g/mol. The van der Waals surface area contributed by atoms with E-state index in [9.17, 15) is 4.79 Å². The van der Waals surface area contributed by atoms with Crippen molar-refractivity contribution in [1.29, 1.82) is 0 Å². The van der Waals surface area contributed by atoms with Crippen molar-refractivity contribution in [3.63, 3.8) is 0 Å². The first kappa shape index (κ1) is 17.5. The molecular formula is C19H26N4O2. The lowest BCUT2D eigenvalue weighted by Gasteiger charge is -2.34. The molecule has 6 nitrogen and oxygen atoms in total. The van der Waals surface area contributed by atoms with Crippen LogP contribution in [0.3, 0.4) is 0 Å². The van der Waals surface area contributed by atoms with Crippen LogP contribution in [0.15, 0.2) is 30.6 Å². The lowest BCUT2D eigenvalue weighted by atomic mass is 10.0. The van der Waals surface area contributed by atoms with E-state index in [1.165, 1.54) is 0 Å². The molecule has 0 radical (unpaired) electrons. The Labute approximate surface area is 148 Å². The van der Waals surface area contributed by atoms with Gasteiger partial charge in [0.15, 0.2) is 0 Å². The summed E-state index contributed by atoms with van der Waals surface area (Å²) in [6.45, 7) is 7.46. The van der Waals surface area contributed by atoms with Gasteiger partial charge in [0.05, 0.1) is 12.1 Å². The van der Waals surface area contributed by atoms with Gasteiger partial charge in [-0.15, -0.1) is 0 Å². The number of likely N-dealkylation sites (tertiary alicyclic amines) is 1. The van der Waals surface area contributed by atoms with Gasteiger partial charge in [0.1, 0.15) is 11.5 Å². The van der Waals surface area contributed by atoms with E-state index in [-0.39, 0.29) is 18.1 Å². The molecule has 6 heteroatoms. The molecule has 1 fully saturated rings. The zero-order valence-corrected chi connectivity index (χ0v) is 15.2. The summed E-state index contributed by atoms with van der Waals surface area (Å²) < 4.78 is 7.82. The van der Waals surface area contributed by atoms with Crippen LogP contribution >= 0.6 is 0 Å². The highest BCUT2D eigenvalue weighted by atomic mass is 16.5. The molecule has 0 spiro atoms. The van der Waals surface area contributed by atoms with Crippen molar-refractivity contribution in [2.75, 3.05) is 13.1 Å². The fraction of sp³-hybridized carbons (Fsp3) is 0.526. The van der Waals surface area contributed by atoms with E-state index in [1.807, 2.05) is 37.2 Å². The van der Waals surface area contributed by atoms with Crippen LogP contribution in [0.4, 0.5) is 0 Å². The van der Waals surface area contributed by atoms with Gasteiger partial charge in [0.2, 0.25) is 5.88 Å². The van der Waals surface area contributed by atoms with E-state index in [0.717, 1.165) is 31.6 Å². The number of hydrogen-bond donors (Lipinski definition) is 0. The Kier molecular flexibility index (Phi) is 5.36. The fourth-order valence-electron chi connectivity index (χ4n) is 3.32. The van der Waals surface area contributed by atoms with Crippen molar-refractivity contribution in [3.8, 4) is 5.88 Å². The number of carbonyl (C=O) groups is 1. The first-order valence-corrected chi connectivity index (χ1v) is 9.03. The Morgan fingerprint density at radius 3 is 3.00 bits per heavy atom. The van der Waals surface area contributed by atoms with Gasteiger partial charge >= 0.3 is 0 Å². The molecule has 1 amide bonds. The number of imidazole rings is 1. The Morgan fingerprint density at radius 1 is 1.40 bits per heavy atom. The molecule has 1 saturated heterocycles. The van der Waals surface area contributed by atoms with Crippen molar-refractivity contribution < 1.29 is 9.53 Å². The van der Waals surface area contributed by atoms with Gasteiger partial charge in [0, 0.05) is 38.0 Å². The quantitative estimate of drug-likeness (QED) is 0.838. The second-order valence-corrected chi connectivity index (χ2v) is 6.68. The lowest BCUT2D eigenvalue weighted by Crippen LogP contribution is -2.41. The standard InChI is InChI=1S/C19H26N4O2/c1-4-17-20-10-12-23(17)15-7-6-11-22(13-15)19(24)16-8-5-9-18(21-16)25-14(2)3/h5,8-10,12,14-15H,4,6-7,11,13H2,1-3H3.